The molecule has 0 spiro atoms. The fraction of sp³-hybridized carbons (Fsp3) is 0.350. The summed E-state index contributed by atoms with van der Waals surface area (Å²) in [5.41, 5.74) is 2.13. The van der Waals surface area contributed by atoms with Crippen LogP contribution in [0.3, 0.4) is 0 Å². The van der Waals surface area contributed by atoms with Gasteiger partial charge in [0.2, 0.25) is 11.8 Å². The third kappa shape index (κ3) is 4.43. The van der Waals surface area contributed by atoms with E-state index >= 15 is 0 Å². The zero-order valence-electron chi connectivity index (χ0n) is 15.5. The smallest absolute Gasteiger partial charge is 0.263 e. The van der Waals surface area contributed by atoms with E-state index in [1.54, 1.807) is 30.3 Å². The largest absolute Gasteiger partial charge is 0.436 e. The summed E-state index contributed by atoms with van der Waals surface area (Å²) < 4.78 is 10.8. The Labute approximate surface area is 158 Å². The molecule has 0 radical (unpaired) electrons. The minimum Gasteiger partial charge on any atom is -0.436 e. The number of nitrogens with zero attached hydrogens (tertiary/aromatic N) is 2. The molecule has 1 aliphatic rings. The predicted octanol–water partition coefficient (Wildman–Crippen LogP) is 2.69. The van der Waals surface area contributed by atoms with E-state index in [9.17, 15) is 9.59 Å². The summed E-state index contributed by atoms with van der Waals surface area (Å²) in [6.07, 6.45) is 2.46. The number of fused-ring (bicyclic) bond motifs is 2. The number of amides is 2. The number of anilines is 1. The first-order valence-electron chi connectivity index (χ1n) is 8.91. The first-order valence-corrected chi connectivity index (χ1v) is 8.91. The van der Waals surface area contributed by atoms with Crippen molar-refractivity contribution in [1.82, 2.24) is 10.3 Å². The highest BCUT2D eigenvalue weighted by Gasteiger charge is 2.28. The number of aromatic nitrogens is 1. The summed E-state index contributed by atoms with van der Waals surface area (Å²) in [6.45, 7) is 3.32. The molecule has 0 bridgehead atoms. The molecule has 1 N–H and O–H groups in total. The fourth-order valence-corrected chi connectivity index (χ4v) is 2.92. The maximum absolute atomic E-state index is 13.1. The molecule has 2 heterocycles. The third-order valence-electron chi connectivity index (χ3n) is 4.27. The van der Waals surface area contributed by atoms with E-state index in [1.807, 2.05) is 25.1 Å². The summed E-state index contributed by atoms with van der Waals surface area (Å²) >= 11 is 0. The zero-order valence-corrected chi connectivity index (χ0v) is 15.5. The molecule has 1 aliphatic heterocycles. The lowest BCUT2D eigenvalue weighted by atomic mass is 10.1. The number of carbonyl (C=O) groups excluding carboxylic acids is 2. The number of hydrogen-bond acceptors (Lipinski definition) is 5. The maximum atomic E-state index is 13.1. The van der Waals surface area contributed by atoms with Gasteiger partial charge in [-0.3, -0.25) is 9.59 Å². The number of methoxy groups -OCH3 is 1. The number of pyridine rings is 1. The molecule has 7 nitrogen and oxygen atoms in total. The van der Waals surface area contributed by atoms with E-state index in [2.05, 4.69) is 10.3 Å². The molecule has 0 unspecified atom stereocenters. The highest BCUT2D eigenvalue weighted by molar-refractivity contribution is 6.09. The summed E-state index contributed by atoms with van der Waals surface area (Å²) in [7, 11) is 1.59. The number of rotatable bonds is 7. The minimum atomic E-state index is -0.178. The summed E-state index contributed by atoms with van der Waals surface area (Å²) in [5.74, 6) is 0.641. The Morgan fingerprint density at radius 2 is 2.19 bits per heavy atom. The molecule has 0 saturated carbocycles. The van der Waals surface area contributed by atoms with Gasteiger partial charge in [-0.05, 0) is 43.2 Å². The van der Waals surface area contributed by atoms with Crippen molar-refractivity contribution in [2.45, 2.75) is 19.8 Å². The third-order valence-corrected chi connectivity index (χ3v) is 4.27. The zero-order chi connectivity index (χ0) is 19.2. The topological polar surface area (TPSA) is 80.8 Å². The SMILES string of the molecule is COCCNC(=O)CCCN1C(=O)c2cccnc2Oc2ccc(C)cc21. The van der Waals surface area contributed by atoms with Gasteiger partial charge in [0.05, 0.1) is 12.3 Å². The second-order valence-electron chi connectivity index (χ2n) is 6.33. The maximum Gasteiger partial charge on any atom is 0.263 e. The predicted molar refractivity (Wildman–Crippen MR) is 101 cm³/mol. The lowest BCUT2D eigenvalue weighted by Crippen LogP contribution is -2.33. The Morgan fingerprint density at radius 3 is 3.00 bits per heavy atom. The van der Waals surface area contributed by atoms with Crippen LogP contribution < -0.4 is 15.0 Å². The van der Waals surface area contributed by atoms with Crippen LogP contribution in [0.15, 0.2) is 36.5 Å². The lowest BCUT2D eigenvalue weighted by molar-refractivity contribution is -0.121. The minimum absolute atomic E-state index is 0.0582. The summed E-state index contributed by atoms with van der Waals surface area (Å²) in [4.78, 5) is 30.8. The highest BCUT2D eigenvalue weighted by Crippen LogP contribution is 2.38. The average molecular weight is 369 g/mol. The Balaban J connectivity index is 1.77. The molecule has 142 valence electrons. The normalized spacial score (nSPS) is 12.7. The number of benzene rings is 1. The van der Waals surface area contributed by atoms with E-state index in [0.717, 1.165) is 5.56 Å². The second kappa shape index (κ2) is 8.64. The molecule has 0 aliphatic carbocycles. The van der Waals surface area contributed by atoms with Gasteiger partial charge in [-0.1, -0.05) is 6.07 Å². The van der Waals surface area contributed by atoms with Gasteiger partial charge in [0.25, 0.3) is 5.91 Å². The van der Waals surface area contributed by atoms with Crippen molar-refractivity contribution < 1.29 is 19.1 Å². The molecule has 0 saturated heterocycles. The van der Waals surface area contributed by atoms with Crippen molar-refractivity contribution in [2.24, 2.45) is 0 Å². The highest BCUT2D eigenvalue weighted by atomic mass is 16.5. The summed E-state index contributed by atoms with van der Waals surface area (Å²) in [6, 6.07) is 9.10. The van der Waals surface area contributed by atoms with Crippen LogP contribution in [0.25, 0.3) is 0 Å². The van der Waals surface area contributed by atoms with Gasteiger partial charge >= 0.3 is 0 Å². The van der Waals surface area contributed by atoms with Gasteiger partial charge in [-0.2, -0.15) is 0 Å². The Hall–Kier alpha value is -2.93. The van der Waals surface area contributed by atoms with E-state index < -0.39 is 0 Å². The van der Waals surface area contributed by atoms with Gasteiger partial charge in [0.15, 0.2) is 5.75 Å². The first-order chi connectivity index (χ1) is 13.1. The van der Waals surface area contributed by atoms with Gasteiger partial charge in [0.1, 0.15) is 5.56 Å². The molecule has 1 aromatic carbocycles. The van der Waals surface area contributed by atoms with Crippen molar-refractivity contribution in [2.75, 3.05) is 31.7 Å². The monoisotopic (exact) mass is 369 g/mol. The first kappa shape index (κ1) is 18.8. The van der Waals surface area contributed by atoms with E-state index in [-0.39, 0.29) is 11.8 Å². The van der Waals surface area contributed by atoms with Crippen LogP contribution in [-0.2, 0) is 9.53 Å². The molecule has 1 aromatic heterocycles. The van der Waals surface area contributed by atoms with E-state index in [4.69, 9.17) is 9.47 Å². The molecule has 2 aromatic rings. The Bertz CT molecular complexity index is 838. The molecule has 7 heteroatoms. The van der Waals surface area contributed by atoms with Crippen molar-refractivity contribution in [3.8, 4) is 11.6 Å². The number of aryl methyl sites for hydroxylation is 1. The number of carbonyl (C=O) groups is 2. The Kier molecular flexibility index (Phi) is 6.03. The van der Waals surface area contributed by atoms with Crippen molar-refractivity contribution in [3.63, 3.8) is 0 Å². The van der Waals surface area contributed by atoms with Crippen LogP contribution in [-0.4, -0.2) is 43.6 Å². The van der Waals surface area contributed by atoms with E-state index in [1.165, 1.54) is 0 Å². The molecular weight excluding hydrogens is 346 g/mol. The van der Waals surface area contributed by atoms with Gasteiger partial charge < -0.3 is 19.7 Å². The number of ether oxygens (including phenoxy) is 2. The van der Waals surface area contributed by atoms with Crippen molar-refractivity contribution in [3.05, 3.63) is 47.7 Å². The average Bonchev–Trinajstić information content (AvgIpc) is 2.77. The molecule has 2 amide bonds. The van der Waals surface area contributed by atoms with Crippen LogP contribution in [0, 0.1) is 6.92 Å². The van der Waals surface area contributed by atoms with Gasteiger partial charge in [-0.25, -0.2) is 4.98 Å². The second-order valence-corrected chi connectivity index (χ2v) is 6.33. The van der Waals surface area contributed by atoms with Crippen molar-refractivity contribution in [1.29, 1.82) is 0 Å². The quantitative estimate of drug-likeness (QED) is 0.759. The van der Waals surface area contributed by atoms with Crippen LogP contribution in [0.2, 0.25) is 0 Å². The lowest BCUT2D eigenvalue weighted by Gasteiger charge is -2.22. The van der Waals surface area contributed by atoms with Crippen molar-refractivity contribution >= 4 is 17.5 Å². The molecule has 0 atom stereocenters. The summed E-state index contributed by atoms with van der Waals surface area (Å²) in [5, 5.41) is 2.79. The number of hydrogen-bond donors (Lipinski definition) is 1. The fourth-order valence-electron chi connectivity index (χ4n) is 2.92. The number of nitrogens with one attached hydrogen (secondary N) is 1. The standard InChI is InChI=1S/C20H23N3O4/c1-14-7-8-17-16(13-14)23(11-4-6-18(24)21-10-12-26-2)20(25)15-5-3-9-22-19(15)27-17/h3,5,7-9,13H,4,6,10-12H2,1-2H3,(H,21,24). The molecule has 27 heavy (non-hydrogen) atoms. The molecular formula is C20H23N3O4. The molecule has 3 rings (SSSR count). The van der Waals surface area contributed by atoms with E-state index in [0.29, 0.717) is 55.4 Å². The molecule has 0 fully saturated rings. The Morgan fingerprint density at radius 1 is 1.33 bits per heavy atom. The van der Waals surface area contributed by atoms with Crippen LogP contribution >= 0.6 is 0 Å². The van der Waals surface area contributed by atoms with Gasteiger partial charge in [0, 0.05) is 32.8 Å². The van der Waals surface area contributed by atoms with Crippen LogP contribution in [0.1, 0.15) is 28.8 Å². The van der Waals surface area contributed by atoms with Crippen LogP contribution in [0.5, 0.6) is 11.6 Å². The van der Waals surface area contributed by atoms with Crippen LogP contribution in [0.4, 0.5) is 5.69 Å². The van der Waals surface area contributed by atoms with Gasteiger partial charge in [-0.15, -0.1) is 0 Å².